The number of hydrogen-bond donors (Lipinski definition) is 1. The van der Waals surface area contributed by atoms with Crippen molar-refractivity contribution in [3.63, 3.8) is 0 Å². The second-order valence-electron chi connectivity index (χ2n) is 7.25. The Morgan fingerprint density at radius 1 is 0.970 bits per heavy atom. The molecule has 1 N–H and O–H groups in total. The Hall–Kier alpha value is -2.74. The molecule has 1 amide bonds. The van der Waals surface area contributed by atoms with Crippen LogP contribution in [0.15, 0.2) is 77.7 Å². The van der Waals surface area contributed by atoms with E-state index in [1.807, 2.05) is 24.3 Å². The van der Waals surface area contributed by atoms with E-state index in [9.17, 15) is 13.2 Å². The summed E-state index contributed by atoms with van der Waals surface area (Å²) in [5.41, 5.74) is 1.39. The van der Waals surface area contributed by atoms with Crippen molar-refractivity contribution in [1.82, 2.24) is 5.32 Å². The first-order valence-corrected chi connectivity index (χ1v) is 12.4. The van der Waals surface area contributed by atoms with Gasteiger partial charge in [-0.05, 0) is 73.0 Å². The van der Waals surface area contributed by atoms with Gasteiger partial charge < -0.3 is 10.1 Å². The summed E-state index contributed by atoms with van der Waals surface area (Å²) in [6, 6.07) is 19.9. The monoisotopic (exact) mass is 506 g/mol. The summed E-state index contributed by atoms with van der Waals surface area (Å²) in [6.45, 7) is 0.0187. The molecule has 33 heavy (non-hydrogen) atoms. The lowest BCUT2D eigenvalue weighted by molar-refractivity contribution is -0.119. The number of rotatable bonds is 10. The van der Waals surface area contributed by atoms with Crippen LogP contribution in [0.4, 0.5) is 5.69 Å². The highest BCUT2D eigenvalue weighted by Crippen LogP contribution is 2.26. The molecule has 174 valence electrons. The molecule has 0 unspecified atom stereocenters. The molecule has 0 atom stereocenters. The Labute approximate surface area is 204 Å². The highest BCUT2D eigenvalue weighted by atomic mass is 35.5. The first-order chi connectivity index (χ1) is 15.8. The average Bonchev–Trinajstić information content (AvgIpc) is 2.80. The first kappa shape index (κ1) is 24.9. The van der Waals surface area contributed by atoms with E-state index in [0.29, 0.717) is 28.7 Å². The van der Waals surface area contributed by atoms with Crippen molar-refractivity contribution in [3.8, 4) is 5.75 Å². The second kappa shape index (κ2) is 11.4. The summed E-state index contributed by atoms with van der Waals surface area (Å²) >= 11 is 12.0. The smallest absolute Gasteiger partial charge is 0.264 e. The van der Waals surface area contributed by atoms with Gasteiger partial charge in [-0.25, -0.2) is 8.42 Å². The van der Waals surface area contributed by atoms with Crippen molar-refractivity contribution in [2.75, 3.05) is 24.5 Å². The Bertz CT molecular complexity index is 1200. The molecule has 0 heterocycles. The zero-order valence-electron chi connectivity index (χ0n) is 18.0. The predicted molar refractivity (Wildman–Crippen MR) is 132 cm³/mol. The molecule has 0 bridgehead atoms. The summed E-state index contributed by atoms with van der Waals surface area (Å²) in [6.07, 6.45) is 1.44. The molecular formula is C24H24Cl2N2O4S. The van der Waals surface area contributed by atoms with E-state index in [-0.39, 0.29) is 11.4 Å². The summed E-state index contributed by atoms with van der Waals surface area (Å²) in [5, 5.41) is 3.58. The lowest BCUT2D eigenvalue weighted by atomic mass is 10.1. The van der Waals surface area contributed by atoms with Crippen LogP contribution in [0.2, 0.25) is 10.0 Å². The van der Waals surface area contributed by atoms with E-state index in [0.717, 1.165) is 22.0 Å². The Kier molecular flexibility index (Phi) is 8.61. The van der Waals surface area contributed by atoms with Gasteiger partial charge in [-0.2, -0.15) is 0 Å². The van der Waals surface area contributed by atoms with E-state index < -0.39 is 15.9 Å². The molecular weight excluding hydrogens is 483 g/mol. The third-order valence-corrected chi connectivity index (χ3v) is 7.16. The van der Waals surface area contributed by atoms with Crippen LogP contribution < -0.4 is 14.4 Å². The molecule has 0 aromatic heterocycles. The molecule has 3 rings (SSSR count). The number of sulfonamides is 1. The maximum atomic E-state index is 13.3. The number of nitrogens with zero attached hydrogens (tertiary/aromatic N) is 1. The quantitative estimate of drug-likeness (QED) is 0.394. The first-order valence-electron chi connectivity index (χ1n) is 10.2. The van der Waals surface area contributed by atoms with Crippen LogP contribution in [-0.2, 0) is 21.2 Å². The standard InChI is InChI=1S/C24H24Cl2N2O4S/c1-32-22-9-2-5-18(15-22)6-4-14-27-24(29)17-28(21-8-3-7-20(26)16-21)33(30,31)23-12-10-19(25)11-13-23/h2-3,5,7-13,15-16H,4,6,14,17H2,1H3,(H,27,29). The number of methoxy groups -OCH3 is 1. The molecule has 0 aliphatic carbocycles. The Balaban J connectivity index is 1.69. The van der Waals surface area contributed by atoms with E-state index in [4.69, 9.17) is 27.9 Å². The third kappa shape index (κ3) is 6.87. The Morgan fingerprint density at radius 3 is 2.39 bits per heavy atom. The van der Waals surface area contributed by atoms with Gasteiger partial charge in [0.25, 0.3) is 10.0 Å². The number of halogens is 2. The fourth-order valence-electron chi connectivity index (χ4n) is 3.21. The number of aryl methyl sites for hydroxylation is 1. The normalized spacial score (nSPS) is 11.1. The van der Waals surface area contributed by atoms with E-state index in [2.05, 4.69) is 5.32 Å². The number of carbonyl (C=O) groups excluding carboxylic acids is 1. The van der Waals surface area contributed by atoms with Gasteiger partial charge in [0.1, 0.15) is 12.3 Å². The molecule has 6 nitrogen and oxygen atoms in total. The van der Waals surface area contributed by atoms with E-state index >= 15 is 0 Å². The molecule has 0 fully saturated rings. The van der Waals surface area contributed by atoms with Gasteiger partial charge in [0.05, 0.1) is 17.7 Å². The number of nitrogens with one attached hydrogen (secondary N) is 1. The number of carbonyl (C=O) groups is 1. The Morgan fingerprint density at radius 2 is 1.70 bits per heavy atom. The van der Waals surface area contributed by atoms with Gasteiger partial charge in [0.15, 0.2) is 0 Å². The minimum atomic E-state index is -4.02. The summed E-state index contributed by atoms with van der Waals surface area (Å²) in [4.78, 5) is 12.7. The molecule has 0 aliphatic rings. The zero-order chi connectivity index (χ0) is 23.8. The van der Waals surface area contributed by atoms with Crippen molar-refractivity contribution in [1.29, 1.82) is 0 Å². The van der Waals surface area contributed by atoms with Crippen LogP contribution >= 0.6 is 23.2 Å². The van der Waals surface area contributed by atoms with Crippen molar-refractivity contribution in [2.45, 2.75) is 17.7 Å². The van der Waals surface area contributed by atoms with Gasteiger partial charge in [0, 0.05) is 16.6 Å². The van der Waals surface area contributed by atoms with Crippen molar-refractivity contribution in [3.05, 3.63) is 88.4 Å². The third-order valence-electron chi connectivity index (χ3n) is 4.88. The summed E-state index contributed by atoms with van der Waals surface area (Å²) in [5.74, 6) is 0.360. The number of hydrogen-bond acceptors (Lipinski definition) is 4. The van der Waals surface area contributed by atoms with Crippen LogP contribution in [0.3, 0.4) is 0 Å². The lowest BCUT2D eigenvalue weighted by Gasteiger charge is -2.24. The highest BCUT2D eigenvalue weighted by molar-refractivity contribution is 7.92. The van der Waals surface area contributed by atoms with Gasteiger partial charge in [-0.1, -0.05) is 41.4 Å². The van der Waals surface area contributed by atoms with Crippen LogP contribution in [-0.4, -0.2) is 34.5 Å². The number of amides is 1. The SMILES string of the molecule is COc1cccc(CCCNC(=O)CN(c2cccc(Cl)c2)S(=O)(=O)c2ccc(Cl)cc2)c1. The van der Waals surface area contributed by atoms with Crippen LogP contribution in [0.1, 0.15) is 12.0 Å². The molecule has 0 saturated heterocycles. The molecule has 0 saturated carbocycles. The molecule has 9 heteroatoms. The number of anilines is 1. The highest BCUT2D eigenvalue weighted by Gasteiger charge is 2.27. The minimum Gasteiger partial charge on any atom is -0.497 e. The van der Waals surface area contributed by atoms with Gasteiger partial charge in [-0.15, -0.1) is 0 Å². The largest absolute Gasteiger partial charge is 0.497 e. The van der Waals surface area contributed by atoms with Crippen LogP contribution in [0, 0.1) is 0 Å². The van der Waals surface area contributed by atoms with Crippen molar-refractivity contribution >= 4 is 44.8 Å². The van der Waals surface area contributed by atoms with Gasteiger partial charge in [-0.3, -0.25) is 9.10 Å². The number of ether oxygens (including phenoxy) is 1. The molecule has 0 aliphatic heterocycles. The van der Waals surface area contributed by atoms with Crippen LogP contribution in [0.5, 0.6) is 5.75 Å². The zero-order valence-corrected chi connectivity index (χ0v) is 20.3. The fourth-order valence-corrected chi connectivity index (χ4v) is 4.94. The summed E-state index contributed by atoms with van der Waals surface area (Å²) < 4.78 is 32.9. The number of benzene rings is 3. The van der Waals surface area contributed by atoms with Crippen molar-refractivity contribution < 1.29 is 17.9 Å². The fraction of sp³-hybridized carbons (Fsp3) is 0.208. The molecule has 0 spiro atoms. The average molecular weight is 507 g/mol. The van der Waals surface area contributed by atoms with Gasteiger partial charge in [0.2, 0.25) is 5.91 Å². The topological polar surface area (TPSA) is 75.7 Å². The van der Waals surface area contributed by atoms with E-state index in [1.165, 1.54) is 30.3 Å². The summed E-state index contributed by atoms with van der Waals surface area (Å²) in [7, 11) is -2.41. The van der Waals surface area contributed by atoms with Gasteiger partial charge >= 0.3 is 0 Å². The second-order valence-corrected chi connectivity index (χ2v) is 9.99. The predicted octanol–water partition coefficient (Wildman–Crippen LogP) is 4.95. The maximum Gasteiger partial charge on any atom is 0.264 e. The maximum absolute atomic E-state index is 13.3. The van der Waals surface area contributed by atoms with E-state index in [1.54, 1.807) is 25.3 Å². The van der Waals surface area contributed by atoms with Crippen LogP contribution in [0.25, 0.3) is 0 Å². The molecule has 0 radical (unpaired) electrons. The minimum absolute atomic E-state index is 0.0256. The van der Waals surface area contributed by atoms with Crippen molar-refractivity contribution in [2.24, 2.45) is 0 Å². The molecule has 3 aromatic rings. The lowest BCUT2D eigenvalue weighted by Crippen LogP contribution is -2.41. The molecule has 3 aromatic carbocycles.